The number of nitrogens with one attached hydrogen (secondary N) is 1. The Labute approximate surface area is 160 Å². The first kappa shape index (κ1) is 20.3. The van der Waals surface area contributed by atoms with Gasteiger partial charge in [-0.1, -0.05) is 36.7 Å². The molecule has 0 aliphatic rings. The molecule has 7 heteroatoms. The van der Waals surface area contributed by atoms with Gasteiger partial charge in [-0.15, -0.1) is 0 Å². The summed E-state index contributed by atoms with van der Waals surface area (Å²) in [6.45, 7) is 5.44. The predicted octanol–water partition coefficient (Wildman–Crippen LogP) is 3.84. The fourth-order valence-electron chi connectivity index (χ4n) is 2.28. The average Bonchev–Trinajstić information content (AvgIpc) is 2.60. The number of para-hydroxylation sites is 1. The maximum absolute atomic E-state index is 13.1. The minimum atomic E-state index is -3.91. The highest BCUT2D eigenvalue weighted by Gasteiger charge is 2.28. The van der Waals surface area contributed by atoms with Crippen molar-refractivity contribution in [3.63, 3.8) is 0 Å². The van der Waals surface area contributed by atoms with Crippen LogP contribution in [-0.4, -0.2) is 26.4 Å². The van der Waals surface area contributed by atoms with Crippen molar-refractivity contribution in [1.82, 2.24) is 5.32 Å². The van der Waals surface area contributed by atoms with Crippen LogP contribution < -0.4 is 9.62 Å². The molecule has 2 rings (SSSR count). The van der Waals surface area contributed by atoms with E-state index in [0.29, 0.717) is 10.7 Å². The van der Waals surface area contributed by atoms with E-state index in [2.05, 4.69) is 5.32 Å². The van der Waals surface area contributed by atoms with E-state index in [1.165, 1.54) is 24.3 Å². The summed E-state index contributed by atoms with van der Waals surface area (Å²) >= 11 is 5.86. The molecule has 0 bridgehead atoms. The van der Waals surface area contributed by atoms with Crippen LogP contribution in [0.1, 0.15) is 27.2 Å². The molecule has 0 radical (unpaired) electrons. The Hall–Kier alpha value is -2.05. The zero-order chi connectivity index (χ0) is 19.4. The van der Waals surface area contributed by atoms with Crippen LogP contribution in [0.3, 0.4) is 0 Å². The molecule has 0 heterocycles. The number of halogens is 1. The van der Waals surface area contributed by atoms with Gasteiger partial charge in [0.2, 0.25) is 5.91 Å². The Morgan fingerprint density at radius 1 is 1.08 bits per heavy atom. The number of carbonyl (C=O) groups excluding carboxylic acids is 1. The summed E-state index contributed by atoms with van der Waals surface area (Å²) in [7, 11) is -3.91. The molecule has 2 aromatic carbocycles. The highest BCUT2D eigenvalue weighted by atomic mass is 35.5. The fourth-order valence-corrected chi connectivity index (χ4v) is 3.83. The van der Waals surface area contributed by atoms with Crippen LogP contribution in [0.25, 0.3) is 0 Å². The predicted molar refractivity (Wildman–Crippen MR) is 105 cm³/mol. The van der Waals surface area contributed by atoms with E-state index in [9.17, 15) is 13.2 Å². The highest BCUT2D eigenvalue weighted by molar-refractivity contribution is 7.92. The van der Waals surface area contributed by atoms with Gasteiger partial charge in [-0.05, 0) is 56.7 Å². The van der Waals surface area contributed by atoms with Crippen LogP contribution in [0.5, 0.6) is 0 Å². The number of nitrogens with zero attached hydrogens (tertiary/aromatic N) is 1. The number of carbonyl (C=O) groups is 1. The minimum absolute atomic E-state index is 0.0771. The second-order valence-corrected chi connectivity index (χ2v) is 8.89. The van der Waals surface area contributed by atoms with Gasteiger partial charge in [0.25, 0.3) is 10.0 Å². The SMILES string of the molecule is CCC(C)(C)NC(=O)CN(c1ccccc1)S(=O)(=O)c1ccc(Cl)cc1. The van der Waals surface area contributed by atoms with Crippen molar-refractivity contribution in [2.24, 2.45) is 0 Å². The van der Waals surface area contributed by atoms with Crippen LogP contribution in [0.4, 0.5) is 5.69 Å². The largest absolute Gasteiger partial charge is 0.350 e. The Balaban J connectivity index is 2.39. The minimum Gasteiger partial charge on any atom is -0.350 e. The summed E-state index contributed by atoms with van der Waals surface area (Å²) in [4.78, 5) is 12.6. The molecule has 5 nitrogen and oxygen atoms in total. The van der Waals surface area contributed by atoms with Gasteiger partial charge in [-0.3, -0.25) is 9.10 Å². The van der Waals surface area contributed by atoms with E-state index in [4.69, 9.17) is 11.6 Å². The zero-order valence-corrected chi connectivity index (χ0v) is 16.6. The smallest absolute Gasteiger partial charge is 0.264 e. The molecular formula is C19H23ClN2O3S. The molecule has 0 aliphatic heterocycles. The quantitative estimate of drug-likeness (QED) is 0.775. The Morgan fingerprint density at radius 3 is 2.19 bits per heavy atom. The summed E-state index contributed by atoms with van der Waals surface area (Å²) in [5, 5.41) is 3.31. The van der Waals surface area contributed by atoms with Gasteiger partial charge < -0.3 is 5.32 Å². The van der Waals surface area contributed by atoms with E-state index in [1.54, 1.807) is 30.3 Å². The van der Waals surface area contributed by atoms with Crippen LogP contribution >= 0.6 is 11.6 Å². The Bertz CT molecular complexity index is 850. The number of benzene rings is 2. The zero-order valence-electron chi connectivity index (χ0n) is 15.1. The van der Waals surface area contributed by atoms with Crippen LogP contribution in [0.2, 0.25) is 5.02 Å². The number of amides is 1. The summed E-state index contributed by atoms with van der Waals surface area (Å²) in [6, 6.07) is 14.5. The fraction of sp³-hybridized carbons (Fsp3) is 0.316. The molecule has 0 atom stereocenters. The van der Waals surface area contributed by atoms with E-state index in [0.717, 1.165) is 10.7 Å². The maximum Gasteiger partial charge on any atom is 0.264 e. The highest BCUT2D eigenvalue weighted by Crippen LogP contribution is 2.24. The first-order valence-electron chi connectivity index (χ1n) is 8.30. The Morgan fingerprint density at radius 2 is 1.65 bits per heavy atom. The van der Waals surface area contributed by atoms with Gasteiger partial charge >= 0.3 is 0 Å². The summed E-state index contributed by atoms with van der Waals surface area (Å²) < 4.78 is 27.3. The van der Waals surface area contributed by atoms with Crippen molar-refractivity contribution in [2.45, 2.75) is 37.6 Å². The maximum atomic E-state index is 13.1. The molecule has 0 fully saturated rings. The summed E-state index contributed by atoms with van der Waals surface area (Å²) in [6.07, 6.45) is 0.730. The van der Waals surface area contributed by atoms with Crippen molar-refractivity contribution >= 4 is 33.2 Å². The lowest BCUT2D eigenvalue weighted by molar-refractivity contribution is -0.121. The van der Waals surface area contributed by atoms with Crippen molar-refractivity contribution in [2.75, 3.05) is 10.8 Å². The molecule has 26 heavy (non-hydrogen) atoms. The van der Waals surface area contributed by atoms with Gasteiger partial charge in [0, 0.05) is 10.6 Å². The molecule has 1 amide bonds. The molecular weight excluding hydrogens is 372 g/mol. The second kappa shape index (κ2) is 8.10. The molecule has 140 valence electrons. The number of hydrogen-bond donors (Lipinski definition) is 1. The van der Waals surface area contributed by atoms with Crippen LogP contribution in [0.15, 0.2) is 59.5 Å². The summed E-state index contributed by atoms with van der Waals surface area (Å²) in [5.41, 5.74) is 0.00984. The van der Waals surface area contributed by atoms with Crippen molar-refractivity contribution in [3.8, 4) is 0 Å². The van der Waals surface area contributed by atoms with E-state index >= 15 is 0 Å². The molecule has 0 aliphatic carbocycles. The number of hydrogen-bond acceptors (Lipinski definition) is 3. The standard InChI is InChI=1S/C19H23ClN2O3S/c1-4-19(2,3)21-18(23)14-22(16-8-6-5-7-9-16)26(24,25)17-12-10-15(20)11-13-17/h5-13H,4,14H2,1-3H3,(H,21,23). The van der Waals surface area contributed by atoms with Crippen molar-refractivity contribution in [1.29, 1.82) is 0 Å². The monoisotopic (exact) mass is 394 g/mol. The van der Waals surface area contributed by atoms with Gasteiger partial charge in [0.1, 0.15) is 6.54 Å². The number of rotatable bonds is 7. The second-order valence-electron chi connectivity index (χ2n) is 6.59. The molecule has 1 N–H and O–H groups in total. The van der Waals surface area contributed by atoms with Crippen LogP contribution in [0, 0.1) is 0 Å². The number of anilines is 1. The average molecular weight is 395 g/mol. The normalized spacial score (nSPS) is 11.8. The molecule has 2 aromatic rings. The number of sulfonamides is 1. The third-order valence-electron chi connectivity index (χ3n) is 4.09. The molecule has 0 spiro atoms. The molecule has 0 aromatic heterocycles. The first-order chi connectivity index (χ1) is 12.2. The third kappa shape index (κ3) is 4.99. The molecule has 0 unspecified atom stereocenters. The van der Waals surface area contributed by atoms with Crippen molar-refractivity contribution < 1.29 is 13.2 Å². The van der Waals surface area contributed by atoms with E-state index < -0.39 is 15.6 Å². The van der Waals surface area contributed by atoms with Crippen LogP contribution in [-0.2, 0) is 14.8 Å². The van der Waals surface area contributed by atoms with Gasteiger partial charge in [-0.2, -0.15) is 0 Å². The molecule has 0 saturated carbocycles. The van der Waals surface area contributed by atoms with Gasteiger partial charge in [0.05, 0.1) is 10.6 Å². The lowest BCUT2D eigenvalue weighted by atomic mass is 10.0. The lowest BCUT2D eigenvalue weighted by Crippen LogP contribution is -2.48. The van der Waals surface area contributed by atoms with E-state index in [-0.39, 0.29) is 17.3 Å². The van der Waals surface area contributed by atoms with Gasteiger partial charge in [0.15, 0.2) is 0 Å². The summed E-state index contributed by atoms with van der Waals surface area (Å²) in [5.74, 6) is -0.363. The van der Waals surface area contributed by atoms with Gasteiger partial charge in [-0.25, -0.2) is 8.42 Å². The molecule has 0 saturated heterocycles. The lowest BCUT2D eigenvalue weighted by Gasteiger charge is -2.28. The Kier molecular flexibility index (Phi) is 6.31. The van der Waals surface area contributed by atoms with E-state index in [1.807, 2.05) is 20.8 Å². The van der Waals surface area contributed by atoms with Crippen molar-refractivity contribution in [3.05, 3.63) is 59.6 Å². The third-order valence-corrected chi connectivity index (χ3v) is 6.13. The first-order valence-corrected chi connectivity index (χ1v) is 10.1. The topological polar surface area (TPSA) is 66.5 Å².